The second kappa shape index (κ2) is 9.37. The van der Waals surface area contributed by atoms with Gasteiger partial charge in [-0.25, -0.2) is 4.79 Å². The molecule has 0 aliphatic heterocycles. The molecular weight excluding hydrogens is 268 g/mol. The van der Waals surface area contributed by atoms with E-state index in [1.54, 1.807) is 0 Å². The van der Waals surface area contributed by atoms with Gasteiger partial charge in [-0.1, -0.05) is 26.0 Å². The van der Waals surface area contributed by atoms with E-state index in [2.05, 4.69) is 10.6 Å². The lowest BCUT2D eigenvalue weighted by atomic mass is 10.0. The van der Waals surface area contributed by atoms with Gasteiger partial charge in [0, 0.05) is 24.9 Å². The number of hydrogen-bond acceptors (Lipinski definition) is 3. The van der Waals surface area contributed by atoms with E-state index < -0.39 is 0 Å². The van der Waals surface area contributed by atoms with E-state index in [0.717, 1.165) is 11.3 Å². The summed E-state index contributed by atoms with van der Waals surface area (Å²) in [6.07, 6.45) is 0.554. The number of hydrogen-bond donors (Lipinski definition) is 3. The third kappa shape index (κ3) is 6.60. The molecule has 0 spiro atoms. The number of nitrogens with one attached hydrogen (secondary N) is 2. The fourth-order valence-electron chi connectivity index (χ4n) is 1.95. The third-order valence-electron chi connectivity index (χ3n) is 3.25. The number of anilines is 1. The first-order valence-electron chi connectivity index (χ1n) is 7.41. The molecule has 118 valence electrons. The van der Waals surface area contributed by atoms with Crippen LogP contribution in [0.3, 0.4) is 0 Å². The number of aliphatic hydroxyl groups is 1. The number of carbonyl (C=O) groups is 1. The molecule has 5 heteroatoms. The van der Waals surface area contributed by atoms with Crippen molar-refractivity contribution in [1.29, 1.82) is 0 Å². The van der Waals surface area contributed by atoms with Gasteiger partial charge in [-0.15, -0.1) is 0 Å². The average Bonchev–Trinajstić information content (AvgIpc) is 2.46. The van der Waals surface area contributed by atoms with Crippen molar-refractivity contribution in [3.05, 3.63) is 29.8 Å². The third-order valence-corrected chi connectivity index (χ3v) is 3.25. The normalized spacial score (nSPS) is 12.2. The first-order chi connectivity index (χ1) is 10.1. The summed E-state index contributed by atoms with van der Waals surface area (Å²) in [5, 5.41) is 14.7. The average molecular weight is 294 g/mol. The molecule has 1 aromatic rings. The summed E-state index contributed by atoms with van der Waals surface area (Å²) in [5.41, 5.74) is 1.81. The van der Waals surface area contributed by atoms with E-state index in [1.165, 1.54) is 0 Å². The van der Waals surface area contributed by atoms with Crippen molar-refractivity contribution in [2.75, 3.05) is 18.5 Å². The molecule has 5 nitrogen and oxygen atoms in total. The molecule has 0 fully saturated rings. The Morgan fingerprint density at radius 1 is 1.29 bits per heavy atom. The largest absolute Gasteiger partial charge is 0.396 e. The standard InChI is InChI=1S/C16H26N2O3/c1-4-21-11-13-5-7-14(8-6-13)17-16(20)18-15(9-10-19)12(2)3/h5-8,12,15,19H,4,9-11H2,1-3H3,(H2,17,18,20). The van der Waals surface area contributed by atoms with E-state index in [4.69, 9.17) is 9.84 Å². The van der Waals surface area contributed by atoms with Gasteiger partial charge in [0.05, 0.1) is 6.61 Å². The predicted molar refractivity (Wildman–Crippen MR) is 84.3 cm³/mol. The Labute approximate surface area is 126 Å². The maximum absolute atomic E-state index is 11.9. The summed E-state index contributed by atoms with van der Waals surface area (Å²) < 4.78 is 5.32. The lowest BCUT2D eigenvalue weighted by molar-refractivity contribution is 0.134. The van der Waals surface area contributed by atoms with E-state index in [0.29, 0.717) is 19.6 Å². The van der Waals surface area contributed by atoms with Gasteiger partial charge in [0.1, 0.15) is 0 Å². The van der Waals surface area contributed by atoms with Crippen LogP contribution in [0.25, 0.3) is 0 Å². The summed E-state index contributed by atoms with van der Waals surface area (Å²) >= 11 is 0. The van der Waals surface area contributed by atoms with Crippen LogP contribution in [0, 0.1) is 5.92 Å². The van der Waals surface area contributed by atoms with E-state index in [-0.39, 0.29) is 24.6 Å². The van der Waals surface area contributed by atoms with Crippen molar-refractivity contribution < 1.29 is 14.6 Å². The zero-order chi connectivity index (χ0) is 15.7. The molecule has 1 unspecified atom stereocenters. The molecular formula is C16H26N2O3. The number of urea groups is 1. The molecule has 2 amide bonds. The van der Waals surface area contributed by atoms with Crippen LogP contribution < -0.4 is 10.6 Å². The van der Waals surface area contributed by atoms with Gasteiger partial charge < -0.3 is 20.5 Å². The number of ether oxygens (including phenoxy) is 1. The molecule has 0 saturated carbocycles. The fourth-order valence-corrected chi connectivity index (χ4v) is 1.95. The van der Waals surface area contributed by atoms with Crippen molar-refractivity contribution in [2.24, 2.45) is 5.92 Å². The molecule has 3 N–H and O–H groups in total. The summed E-state index contributed by atoms with van der Waals surface area (Å²) in [5.74, 6) is 0.275. The van der Waals surface area contributed by atoms with Crippen molar-refractivity contribution in [3.8, 4) is 0 Å². The van der Waals surface area contributed by atoms with Crippen LogP contribution in [-0.4, -0.2) is 30.4 Å². The topological polar surface area (TPSA) is 70.6 Å². The number of amides is 2. The number of rotatable bonds is 8. The Hall–Kier alpha value is -1.59. The Morgan fingerprint density at radius 2 is 1.95 bits per heavy atom. The van der Waals surface area contributed by atoms with Gasteiger partial charge in [-0.2, -0.15) is 0 Å². The molecule has 0 bridgehead atoms. The molecule has 0 saturated heterocycles. The molecule has 0 aromatic heterocycles. The van der Waals surface area contributed by atoms with E-state index in [1.807, 2.05) is 45.0 Å². The zero-order valence-corrected chi connectivity index (χ0v) is 13.1. The Morgan fingerprint density at radius 3 is 2.48 bits per heavy atom. The summed E-state index contributed by atoms with van der Waals surface area (Å²) in [7, 11) is 0. The van der Waals surface area contributed by atoms with Gasteiger partial charge in [0.15, 0.2) is 0 Å². The Bertz CT molecular complexity index is 418. The molecule has 1 rings (SSSR count). The zero-order valence-electron chi connectivity index (χ0n) is 13.1. The minimum absolute atomic E-state index is 0.0350. The van der Waals surface area contributed by atoms with Crippen LogP contribution in [0.5, 0.6) is 0 Å². The lowest BCUT2D eigenvalue weighted by Crippen LogP contribution is -2.41. The van der Waals surface area contributed by atoms with Crippen LogP contribution in [-0.2, 0) is 11.3 Å². The van der Waals surface area contributed by atoms with Crippen molar-refractivity contribution in [3.63, 3.8) is 0 Å². The smallest absolute Gasteiger partial charge is 0.319 e. The minimum Gasteiger partial charge on any atom is -0.396 e. The first kappa shape index (κ1) is 17.5. The summed E-state index contributed by atoms with van der Waals surface area (Å²) in [6.45, 7) is 7.32. The van der Waals surface area contributed by atoms with Crippen molar-refractivity contribution >= 4 is 11.7 Å². The van der Waals surface area contributed by atoms with Gasteiger partial charge in [-0.3, -0.25) is 0 Å². The molecule has 0 aliphatic rings. The van der Waals surface area contributed by atoms with Crippen LogP contribution >= 0.6 is 0 Å². The fraction of sp³-hybridized carbons (Fsp3) is 0.562. The quantitative estimate of drug-likeness (QED) is 0.690. The predicted octanol–water partition coefficient (Wildman–Crippen LogP) is 2.75. The highest BCUT2D eigenvalue weighted by Gasteiger charge is 2.15. The summed E-state index contributed by atoms with van der Waals surface area (Å²) in [6, 6.07) is 7.28. The van der Waals surface area contributed by atoms with Crippen LogP contribution in [0.4, 0.5) is 10.5 Å². The maximum atomic E-state index is 11.9. The molecule has 0 heterocycles. The highest BCUT2D eigenvalue weighted by Crippen LogP contribution is 2.11. The highest BCUT2D eigenvalue weighted by molar-refractivity contribution is 5.89. The molecule has 0 radical (unpaired) electrons. The van der Waals surface area contributed by atoms with Crippen molar-refractivity contribution in [2.45, 2.75) is 39.8 Å². The Balaban J connectivity index is 2.50. The second-order valence-corrected chi connectivity index (χ2v) is 5.30. The van der Waals surface area contributed by atoms with Crippen molar-refractivity contribution in [1.82, 2.24) is 5.32 Å². The van der Waals surface area contributed by atoms with Crippen LogP contribution in [0.2, 0.25) is 0 Å². The van der Waals surface area contributed by atoms with Gasteiger partial charge in [-0.05, 0) is 37.0 Å². The van der Waals surface area contributed by atoms with Crippen LogP contribution in [0.15, 0.2) is 24.3 Å². The molecule has 1 aromatic carbocycles. The Kier molecular flexibility index (Phi) is 7.79. The monoisotopic (exact) mass is 294 g/mol. The minimum atomic E-state index is -0.250. The number of aliphatic hydroxyl groups excluding tert-OH is 1. The molecule has 21 heavy (non-hydrogen) atoms. The maximum Gasteiger partial charge on any atom is 0.319 e. The van der Waals surface area contributed by atoms with Gasteiger partial charge >= 0.3 is 6.03 Å². The van der Waals surface area contributed by atoms with Gasteiger partial charge in [0.2, 0.25) is 0 Å². The first-order valence-corrected chi connectivity index (χ1v) is 7.41. The van der Waals surface area contributed by atoms with E-state index in [9.17, 15) is 4.79 Å². The number of carbonyl (C=O) groups excluding carboxylic acids is 1. The highest BCUT2D eigenvalue weighted by atomic mass is 16.5. The summed E-state index contributed by atoms with van der Waals surface area (Å²) in [4.78, 5) is 11.9. The molecule has 1 atom stereocenters. The number of benzene rings is 1. The van der Waals surface area contributed by atoms with Crippen LogP contribution in [0.1, 0.15) is 32.8 Å². The van der Waals surface area contributed by atoms with E-state index >= 15 is 0 Å². The SMILES string of the molecule is CCOCc1ccc(NC(=O)NC(CCO)C(C)C)cc1. The lowest BCUT2D eigenvalue weighted by Gasteiger charge is -2.21. The second-order valence-electron chi connectivity index (χ2n) is 5.30. The molecule has 0 aliphatic carbocycles. The van der Waals surface area contributed by atoms with Gasteiger partial charge in [0.25, 0.3) is 0 Å².